The fraction of sp³-hybridized carbons (Fsp3) is 0.600. The summed E-state index contributed by atoms with van der Waals surface area (Å²) >= 11 is 0. The van der Waals surface area contributed by atoms with Gasteiger partial charge in [0.05, 0.1) is 5.56 Å². The highest BCUT2D eigenvalue weighted by atomic mass is 19.4. The lowest BCUT2D eigenvalue weighted by Crippen LogP contribution is -2.29. The molecule has 2 atom stereocenters. The number of hydrogen-bond acceptors (Lipinski definition) is 2. The second kappa shape index (κ2) is 11.1. The van der Waals surface area contributed by atoms with Crippen LogP contribution in [0.25, 0.3) is 0 Å². The Morgan fingerprint density at radius 3 is 2.17 bits per heavy atom. The molecule has 1 aromatic rings. The summed E-state index contributed by atoms with van der Waals surface area (Å²) in [6, 6.07) is 5.51. The fourth-order valence-corrected chi connectivity index (χ4v) is 4.55. The molecular weight excluding hydrogens is 385 g/mol. The van der Waals surface area contributed by atoms with Crippen molar-refractivity contribution < 1.29 is 13.2 Å². The lowest BCUT2D eigenvalue weighted by molar-refractivity contribution is -0.137. The van der Waals surface area contributed by atoms with Crippen molar-refractivity contribution in [3.63, 3.8) is 0 Å². The molecule has 0 unspecified atom stereocenters. The highest BCUT2D eigenvalue weighted by Crippen LogP contribution is 2.35. The summed E-state index contributed by atoms with van der Waals surface area (Å²) in [6.07, 6.45) is 7.64. The van der Waals surface area contributed by atoms with Crippen LogP contribution in [0.3, 0.4) is 0 Å². The first kappa shape index (κ1) is 24.7. The molecule has 2 saturated heterocycles. The molecular formula is C25H37F3N2. The average Bonchev–Trinajstić information content (AvgIpc) is 3.02. The Kier molecular flexibility index (Phi) is 9.17. The Morgan fingerprint density at radius 2 is 1.60 bits per heavy atom. The van der Waals surface area contributed by atoms with Crippen LogP contribution >= 0.6 is 0 Å². The average molecular weight is 423 g/mol. The Morgan fingerprint density at radius 1 is 0.933 bits per heavy atom. The SMILES string of the molecule is C=CC[C@]1(C)CCCCNC1.C=CC[C@]1(Cc2ccc(C(F)(F)F)cc2)CCNC1. The zero-order valence-corrected chi connectivity index (χ0v) is 18.3. The number of rotatable bonds is 6. The third-order valence-corrected chi connectivity index (χ3v) is 6.34. The lowest BCUT2D eigenvalue weighted by atomic mass is 9.78. The molecule has 3 rings (SSSR count). The third-order valence-electron chi connectivity index (χ3n) is 6.34. The van der Waals surface area contributed by atoms with Crippen molar-refractivity contribution in [2.75, 3.05) is 26.2 Å². The molecule has 168 valence electrons. The molecule has 2 heterocycles. The number of alkyl halides is 3. The van der Waals surface area contributed by atoms with Gasteiger partial charge in [-0.1, -0.05) is 37.6 Å². The maximum absolute atomic E-state index is 12.5. The van der Waals surface area contributed by atoms with E-state index in [1.807, 2.05) is 12.2 Å². The van der Waals surface area contributed by atoms with Crippen LogP contribution in [-0.2, 0) is 12.6 Å². The molecule has 2 fully saturated rings. The van der Waals surface area contributed by atoms with E-state index in [4.69, 9.17) is 0 Å². The van der Waals surface area contributed by atoms with E-state index in [0.717, 1.165) is 44.3 Å². The van der Waals surface area contributed by atoms with Gasteiger partial charge in [0.15, 0.2) is 0 Å². The van der Waals surface area contributed by atoms with Gasteiger partial charge in [-0.15, -0.1) is 13.2 Å². The van der Waals surface area contributed by atoms with Crippen LogP contribution in [0.4, 0.5) is 13.2 Å². The van der Waals surface area contributed by atoms with Crippen LogP contribution in [0.5, 0.6) is 0 Å². The van der Waals surface area contributed by atoms with Gasteiger partial charge in [-0.2, -0.15) is 13.2 Å². The number of benzene rings is 1. The molecule has 1 aromatic carbocycles. The molecule has 5 heteroatoms. The second-order valence-electron chi connectivity index (χ2n) is 9.23. The molecule has 0 amide bonds. The first-order chi connectivity index (χ1) is 14.2. The molecule has 0 saturated carbocycles. The van der Waals surface area contributed by atoms with E-state index in [2.05, 4.69) is 30.7 Å². The smallest absolute Gasteiger partial charge is 0.316 e. The molecule has 0 aromatic heterocycles. The first-order valence-electron chi connectivity index (χ1n) is 11.0. The fourth-order valence-electron chi connectivity index (χ4n) is 4.55. The van der Waals surface area contributed by atoms with Gasteiger partial charge in [0.25, 0.3) is 0 Å². The van der Waals surface area contributed by atoms with Crippen molar-refractivity contribution in [2.24, 2.45) is 10.8 Å². The van der Waals surface area contributed by atoms with Gasteiger partial charge in [-0.05, 0) is 80.1 Å². The maximum Gasteiger partial charge on any atom is 0.416 e. The number of nitrogens with one attached hydrogen (secondary N) is 2. The Bertz CT molecular complexity index is 650. The van der Waals surface area contributed by atoms with Crippen LogP contribution in [0, 0.1) is 10.8 Å². The Balaban J connectivity index is 0.000000248. The number of allylic oxidation sites excluding steroid dienone is 2. The van der Waals surface area contributed by atoms with Gasteiger partial charge in [0.2, 0.25) is 0 Å². The van der Waals surface area contributed by atoms with E-state index in [1.54, 1.807) is 12.1 Å². The molecule has 0 aliphatic carbocycles. The van der Waals surface area contributed by atoms with E-state index in [0.29, 0.717) is 5.41 Å². The number of hydrogen-bond donors (Lipinski definition) is 2. The van der Waals surface area contributed by atoms with Gasteiger partial charge in [0.1, 0.15) is 0 Å². The van der Waals surface area contributed by atoms with Gasteiger partial charge in [0, 0.05) is 13.1 Å². The van der Waals surface area contributed by atoms with Crippen LogP contribution in [0.1, 0.15) is 56.6 Å². The quantitative estimate of drug-likeness (QED) is 0.538. The van der Waals surface area contributed by atoms with E-state index >= 15 is 0 Å². The molecule has 2 aliphatic rings. The summed E-state index contributed by atoms with van der Waals surface area (Å²) in [5.74, 6) is 0. The van der Waals surface area contributed by atoms with Gasteiger partial charge < -0.3 is 10.6 Å². The van der Waals surface area contributed by atoms with Gasteiger partial charge in [-0.25, -0.2) is 0 Å². The maximum atomic E-state index is 12.5. The van der Waals surface area contributed by atoms with E-state index in [1.165, 1.54) is 44.5 Å². The van der Waals surface area contributed by atoms with Crippen molar-refractivity contribution in [2.45, 2.75) is 58.0 Å². The molecule has 2 N–H and O–H groups in total. The standard InChI is InChI=1S/C15H18F3N.C10H19N/c1-2-7-14(8-9-19-11-14)10-12-3-5-13(6-4-12)15(16,17)18;1-3-6-10(2)7-4-5-8-11-9-10/h2-6,19H,1,7-11H2;3,11H,1,4-9H2,2H3/t14-;10-/m11/s1. The highest BCUT2D eigenvalue weighted by molar-refractivity contribution is 5.26. The summed E-state index contributed by atoms with van der Waals surface area (Å²) in [5, 5.41) is 6.80. The highest BCUT2D eigenvalue weighted by Gasteiger charge is 2.33. The predicted molar refractivity (Wildman–Crippen MR) is 120 cm³/mol. The summed E-state index contributed by atoms with van der Waals surface area (Å²) < 4.78 is 37.5. The van der Waals surface area contributed by atoms with Crippen molar-refractivity contribution in [1.82, 2.24) is 10.6 Å². The minimum absolute atomic E-state index is 0.113. The Labute approximate surface area is 180 Å². The summed E-state index contributed by atoms with van der Waals surface area (Å²) in [5.41, 5.74) is 0.969. The molecule has 0 bridgehead atoms. The van der Waals surface area contributed by atoms with Crippen LogP contribution < -0.4 is 10.6 Å². The summed E-state index contributed by atoms with van der Waals surface area (Å²) in [6.45, 7) is 14.2. The molecule has 2 aliphatic heterocycles. The van der Waals surface area contributed by atoms with E-state index < -0.39 is 11.7 Å². The molecule has 0 spiro atoms. The summed E-state index contributed by atoms with van der Waals surface area (Å²) in [7, 11) is 0. The Hall–Kier alpha value is -1.59. The van der Waals surface area contributed by atoms with E-state index in [9.17, 15) is 13.2 Å². The zero-order valence-electron chi connectivity index (χ0n) is 18.3. The van der Waals surface area contributed by atoms with Gasteiger partial charge in [-0.3, -0.25) is 0 Å². The largest absolute Gasteiger partial charge is 0.416 e. The van der Waals surface area contributed by atoms with Crippen LogP contribution in [0.15, 0.2) is 49.6 Å². The third kappa shape index (κ3) is 7.59. The van der Waals surface area contributed by atoms with Crippen LogP contribution in [-0.4, -0.2) is 26.2 Å². The van der Waals surface area contributed by atoms with Crippen molar-refractivity contribution in [1.29, 1.82) is 0 Å². The molecule has 0 radical (unpaired) electrons. The topological polar surface area (TPSA) is 24.1 Å². The molecule has 30 heavy (non-hydrogen) atoms. The van der Waals surface area contributed by atoms with Crippen molar-refractivity contribution in [3.05, 3.63) is 60.7 Å². The lowest BCUT2D eigenvalue weighted by Gasteiger charge is -2.27. The first-order valence-corrected chi connectivity index (χ1v) is 11.0. The summed E-state index contributed by atoms with van der Waals surface area (Å²) in [4.78, 5) is 0. The minimum Gasteiger partial charge on any atom is -0.316 e. The monoisotopic (exact) mass is 422 g/mol. The molecule has 2 nitrogen and oxygen atoms in total. The number of halogens is 3. The van der Waals surface area contributed by atoms with Crippen LogP contribution in [0.2, 0.25) is 0 Å². The van der Waals surface area contributed by atoms with Crippen molar-refractivity contribution >= 4 is 0 Å². The van der Waals surface area contributed by atoms with E-state index in [-0.39, 0.29) is 5.41 Å². The second-order valence-corrected chi connectivity index (χ2v) is 9.23. The predicted octanol–water partition coefficient (Wildman–Crippen LogP) is 6.15. The van der Waals surface area contributed by atoms with Gasteiger partial charge >= 0.3 is 6.18 Å². The minimum atomic E-state index is -4.26. The van der Waals surface area contributed by atoms with Crippen molar-refractivity contribution in [3.8, 4) is 0 Å². The zero-order chi connectivity index (χ0) is 22.1. The normalized spacial score (nSPS) is 26.9.